The molecule has 0 N–H and O–H groups in total. The molecule has 164 valence electrons. The van der Waals surface area contributed by atoms with Crippen LogP contribution >= 0.6 is 0 Å². The number of benzene rings is 2. The SMILES string of the molecule is Cc1ccc(-c2cc3n(n2)CCC(=O)N3CC(=O)N2CCN(c3ccccc3)CC2)cc1. The van der Waals surface area contributed by atoms with Gasteiger partial charge in [-0.05, 0) is 19.1 Å². The van der Waals surface area contributed by atoms with Crippen molar-refractivity contribution in [2.24, 2.45) is 0 Å². The number of carbonyl (C=O) groups is 2. The first-order valence-corrected chi connectivity index (χ1v) is 11.1. The number of rotatable bonds is 4. The summed E-state index contributed by atoms with van der Waals surface area (Å²) in [5.41, 5.74) is 4.20. The lowest BCUT2D eigenvalue weighted by molar-refractivity contribution is -0.132. The standard InChI is InChI=1S/C25H27N5O2/c1-19-7-9-20(10-8-19)22-17-23-29(24(31)11-12-30(23)26-22)18-25(32)28-15-13-27(14-16-28)21-5-3-2-4-6-21/h2-10,17H,11-16,18H2,1H3. The van der Waals surface area contributed by atoms with Crippen LogP contribution in [-0.4, -0.2) is 59.2 Å². The molecule has 0 bridgehead atoms. The lowest BCUT2D eigenvalue weighted by Crippen LogP contribution is -2.52. The number of para-hydroxylation sites is 1. The monoisotopic (exact) mass is 429 g/mol. The van der Waals surface area contributed by atoms with E-state index in [0.29, 0.717) is 31.9 Å². The number of amides is 2. The molecule has 1 fully saturated rings. The maximum absolute atomic E-state index is 13.1. The molecular weight excluding hydrogens is 402 g/mol. The van der Waals surface area contributed by atoms with Crippen molar-refractivity contribution in [1.29, 1.82) is 0 Å². The van der Waals surface area contributed by atoms with Gasteiger partial charge in [-0.3, -0.25) is 14.5 Å². The van der Waals surface area contributed by atoms with Crippen molar-refractivity contribution in [3.8, 4) is 11.3 Å². The lowest BCUT2D eigenvalue weighted by atomic mass is 10.1. The van der Waals surface area contributed by atoms with Crippen LogP contribution in [-0.2, 0) is 16.1 Å². The molecule has 5 rings (SSSR count). The maximum atomic E-state index is 13.1. The van der Waals surface area contributed by atoms with Crippen LogP contribution in [0.1, 0.15) is 12.0 Å². The van der Waals surface area contributed by atoms with Gasteiger partial charge in [-0.15, -0.1) is 0 Å². The molecule has 3 heterocycles. The zero-order chi connectivity index (χ0) is 22.1. The summed E-state index contributed by atoms with van der Waals surface area (Å²) in [6.07, 6.45) is 0.358. The summed E-state index contributed by atoms with van der Waals surface area (Å²) in [6, 6.07) is 20.3. The largest absolute Gasteiger partial charge is 0.368 e. The molecule has 0 saturated carbocycles. The van der Waals surface area contributed by atoms with E-state index in [2.05, 4.69) is 34.3 Å². The Balaban J connectivity index is 1.28. The van der Waals surface area contributed by atoms with Crippen molar-refractivity contribution in [2.45, 2.75) is 19.9 Å². The third kappa shape index (κ3) is 3.98. The number of hydrogen-bond donors (Lipinski definition) is 0. The zero-order valence-corrected chi connectivity index (χ0v) is 18.3. The van der Waals surface area contributed by atoms with Gasteiger partial charge in [0.2, 0.25) is 11.8 Å². The number of carbonyl (C=O) groups excluding carboxylic acids is 2. The summed E-state index contributed by atoms with van der Waals surface area (Å²) in [4.78, 5) is 31.5. The summed E-state index contributed by atoms with van der Waals surface area (Å²) >= 11 is 0. The molecule has 2 aromatic carbocycles. The molecule has 0 atom stereocenters. The summed E-state index contributed by atoms with van der Waals surface area (Å²) < 4.78 is 1.84. The molecule has 1 saturated heterocycles. The fraction of sp³-hybridized carbons (Fsp3) is 0.320. The summed E-state index contributed by atoms with van der Waals surface area (Å²) in [7, 11) is 0. The second-order valence-corrected chi connectivity index (χ2v) is 8.41. The van der Waals surface area contributed by atoms with Gasteiger partial charge < -0.3 is 9.80 Å². The van der Waals surface area contributed by atoms with E-state index in [1.54, 1.807) is 4.90 Å². The number of hydrogen-bond acceptors (Lipinski definition) is 4. The van der Waals surface area contributed by atoms with Crippen molar-refractivity contribution in [2.75, 3.05) is 42.5 Å². The predicted molar refractivity (Wildman–Crippen MR) is 125 cm³/mol. The minimum atomic E-state index is -0.0240. The van der Waals surface area contributed by atoms with Gasteiger partial charge in [0, 0.05) is 49.9 Å². The zero-order valence-electron chi connectivity index (χ0n) is 18.3. The number of aromatic nitrogens is 2. The van der Waals surface area contributed by atoms with Crippen LogP contribution < -0.4 is 9.80 Å². The molecule has 3 aromatic rings. The van der Waals surface area contributed by atoms with Crippen LogP contribution in [0.2, 0.25) is 0 Å². The van der Waals surface area contributed by atoms with E-state index >= 15 is 0 Å². The Kier molecular flexibility index (Phi) is 5.39. The minimum Gasteiger partial charge on any atom is -0.368 e. The number of aryl methyl sites for hydroxylation is 2. The Hall–Kier alpha value is -3.61. The molecule has 2 amide bonds. The highest BCUT2D eigenvalue weighted by Gasteiger charge is 2.30. The average Bonchev–Trinajstić information content (AvgIpc) is 3.27. The Morgan fingerprint density at radius 2 is 1.66 bits per heavy atom. The van der Waals surface area contributed by atoms with Gasteiger partial charge in [0.25, 0.3) is 0 Å². The first kappa shape index (κ1) is 20.3. The smallest absolute Gasteiger partial charge is 0.242 e. The molecule has 0 spiro atoms. The molecule has 7 heteroatoms. The van der Waals surface area contributed by atoms with Gasteiger partial charge in [-0.25, -0.2) is 4.68 Å². The van der Waals surface area contributed by atoms with E-state index in [-0.39, 0.29) is 18.4 Å². The highest BCUT2D eigenvalue weighted by atomic mass is 16.2. The third-order valence-corrected chi connectivity index (χ3v) is 6.27. The fourth-order valence-electron chi connectivity index (χ4n) is 4.38. The molecule has 2 aliphatic rings. The number of anilines is 2. The quantitative estimate of drug-likeness (QED) is 0.640. The van der Waals surface area contributed by atoms with E-state index < -0.39 is 0 Å². The van der Waals surface area contributed by atoms with Gasteiger partial charge in [0.1, 0.15) is 12.4 Å². The Morgan fingerprint density at radius 3 is 2.38 bits per heavy atom. The lowest BCUT2D eigenvalue weighted by Gasteiger charge is -2.37. The third-order valence-electron chi connectivity index (χ3n) is 6.27. The molecule has 7 nitrogen and oxygen atoms in total. The van der Waals surface area contributed by atoms with Crippen LogP contribution in [0.3, 0.4) is 0 Å². The number of piperazine rings is 1. The van der Waals surface area contributed by atoms with E-state index in [9.17, 15) is 9.59 Å². The molecule has 0 radical (unpaired) electrons. The average molecular weight is 430 g/mol. The van der Waals surface area contributed by atoms with Gasteiger partial charge in [0.05, 0.1) is 12.2 Å². The van der Waals surface area contributed by atoms with Gasteiger partial charge in [-0.2, -0.15) is 5.10 Å². The van der Waals surface area contributed by atoms with Crippen LogP contribution in [0, 0.1) is 6.92 Å². The number of nitrogens with zero attached hydrogens (tertiary/aromatic N) is 5. The highest BCUT2D eigenvalue weighted by molar-refractivity contribution is 5.99. The van der Waals surface area contributed by atoms with E-state index in [4.69, 9.17) is 0 Å². The minimum absolute atomic E-state index is 0.0161. The van der Waals surface area contributed by atoms with Crippen LogP contribution in [0.15, 0.2) is 60.7 Å². The molecule has 1 aromatic heterocycles. The normalized spacial score (nSPS) is 16.3. The second kappa shape index (κ2) is 8.49. The Labute approximate surface area is 187 Å². The Bertz CT molecular complexity index is 1110. The van der Waals surface area contributed by atoms with Crippen molar-refractivity contribution in [1.82, 2.24) is 14.7 Å². The van der Waals surface area contributed by atoms with Gasteiger partial charge >= 0.3 is 0 Å². The van der Waals surface area contributed by atoms with E-state index in [0.717, 1.165) is 24.3 Å². The number of fused-ring (bicyclic) bond motifs is 1. The maximum Gasteiger partial charge on any atom is 0.242 e. The Morgan fingerprint density at radius 1 is 0.938 bits per heavy atom. The van der Waals surface area contributed by atoms with Crippen molar-refractivity contribution < 1.29 is 9.59 Å². The summed E-state index contributed by atoms with van der Waals surface area (Å²) in [5.74, 6) is 0.662. The molecule has 0 aliphatic carbocycles. The van der Waals surface area contributed by atoms with Gasteiger partial charge in [-0.1, -0.05) is 48.0 Å². The van der Waals surface area contributed by atoms with Crippen molar-refractivity contribution in [3.05, 3.63) is 66.2 Å². The summed E-state index contributed by atoms with van der Waals surface area (Å²) in [6.45, 7) is 5.54. The molecule has 0 unspecified atom stereocenters. The van der Waals surface area contributed by atoms with Crippen molar-refractivity contribution in [3.63, 3.8) is 0 Å². The topological polar surface area (TPSA) is 61.7 Å². The second-order valence-electron chi connectivity index (χ2n) is 8.41. The molecular formula is C25H27N5O2. The molecule has 2 aliphatic heterocycles. The van der Waals surface area contributed by atoms with Gasteiger partial charge in [0.15, 0.2) is 0 Å². The first-order chi connectivity index (χ1) is 15.6. The highest BCUT2D eigenvalue weighted by Crippen LogP contribution is 2.28. The summed E-state index contributed by atoms with van der Waals surface area (Å²) in [5, 5.41) is 4.69. The van der Waals surface area contributed by atoms with E-state index in [1.807, 2.05) is 52.9 Å². The first-order valence-electron chi connectivity index (χ1n) is 11.1. The van der Waals surface area contributed by atoms with E-state index in [1.165, 1.54) is 11.3 Å². The van der Waals surface area contributed by atoms with Crippen LogP contribution in [0.25, 0.3) is 11.3 Å². The van der Waals surface area contributed by atoms with Crippen LogP contribution in [0.4, 0.5) is 11.5 Å². The van der Waals surface area contributed by atoms with Crippen molar-refractivity contribution >= 4 is 23.3 Å². The predicted octanol–water partition coefficient (Wildman–Crippen LogP) is 2.94. The fourth-order valence-corrected chi connectivity index (χ4v) is 4.38. The molecule has 32 heavy (non-hydrogen) atoms. The van der Waals surface area contributed by atoms with Crippen LogP contribution in [0.5, 0.6) is 0 Å².